The van der Waals surface area contributed by atoms with Crippen LogP contribution in [0.4, 0.5) is 4.39 Å². The highest BCUT2D eigenvalue weighted by atomic mass is 35.5. The zero-order valence-corrected chi connectivity index (χ0v) is 12.6. The fourth-order valence-corrected chi connectivity index (χ4v) is 2.48. The summed E-state index contributed by atoms with van der Waals surface area (Å²) in [4.78, 5) is 0. The van der Waals surface area contributed by atoms with Crippen molar-refractivity contribution in [1.82, 2.24) is 9.78 Å². The lowest BCUT2D eigenvalue weighted by atomic mass is 10.00. The quantitative estimate of drug-likeness (QED) is 0.942. The molecule has 0 amide bonds. The van der Waals surface area contributed by atoms with Gasteiger partial charge in [-0.1, -0.05) is 17.7 Å². The zero-order chi connectivity index (χ0) is 14.9. The van der Waals surface area contributed by atoms with E-state index in [9.17, 15) is 9.50 Å². The Hall–Kier alpha value is -1.39. The Morgan fingerprint density at radius 1 is 1.35 bits per heavy atom. The molecule has 0 spiro atoms. The second-order valence-electron chi connectivity index (χ2n) is 5.08. The van der Waals surface area contributed by atoms with Crippen molar-refractivity contribution >= 4 is 11.6 Å². The highest BCUT2D eigenvalue weighted by Crippen LogP contribution is 2.19. The molecule has 1 N–H and O–H groups in total. The first-order valence-corrected chi connectivity index (χ1v) is 6.87. The summed E-state index contributed by atoms with van der Waals surface area (Å²) >= 11 is 5.64. The number of aromatic nitrogens is 2. The van der Waals surface area contributed by atoms with E-state index in [2.05, 4.69) is 5.10 Å². The van der Waals surface area contributed by atoms with Crippen molar-refractivity contribution in [3.63, 3.8) is 0 Å². The van der Waals surface area contributed by atoms with Gasteiger partial charge in [0, 0.05) is 19.2 Å². The summed E-state index contributed by atoms with van der Waals surface area (Å²) in [6.45, 7) is 3.90. The topological polar surface area (TPSA) is 38.0 Å². The zero-order valence-electron chi connectivity index (χ0n) is 11.8. The molecule has 1 aromatic carbocycles. The van der Waals surface area contributed by atoms with Crippen LogP contribution in [-0.2, 0) is 19.9 Å². The minimum absolute atomic E-state index is 0.0992. The van der Waals surface area contributed by atoms with Gasteiger partial charge in [0.25, 0.3) is 0 Å². The summed E-state index contributed by atoms with van der Waals surface area (Å²) in [5.74, 6) is -0.454. The molecule has 2 aromatic rings. The average Bonchev–Trinajstić information content (AvgIpc) is 2.61. The van der Waals surface area contributed by atoms with Crippen molar-refractivity contribution < 1.29 is 9.50 Å². The predicted octanol–water partition coefficient (Wildman–Crippen LogP) is 2.98. The monoisotopic (exact) mass is 296 g/mol. The molecule has 0 fully saturated rings. The Morgan fingerprint density at radius 3 is 2.60 bits per heavy atom. The Morgan fingerprint density at radius 2 is 2.05 bits per heavy atom. The molecule has 1 heterocycles. The van der Waals surface area contributed by atoms with Crippen molar-refractivity contribution in [2.75, 3.05) is 0 Å². The van der Waals surface area contributed by atoms with Gasteiger partial charge in [-0.05, 0) is 43.5 Å². The molecule has 2 rings (SSSR count). The van der Waals surface area contributed by atoms with Crippen LogP contribution < -0.4 is 0 Å². The van der Waals surface area contributed by atoms with Crippen LogP contribution in [0, 0.1) is 19.7 Å². The minimum Gasteiger partial charge on any atom is -0.392 e. The highest BCUT2D eigenvalue weighted by molar-refractivity contribution is 6.30. The Labute approximate surface area is 123 Å². The van der Waals surface area contributed by atoms with E-state index in [1.54, 1.807) is 10.7 Å². The summed E-state index contributed by atoms with van der Waals surface area (Å²) in [5, 5.41) is 14.6. The molecule has 3 nitrogen and oxygen atoms in total. The molecule has 0 aliphatic heterocycles. The molecule has 0 radical (unpaired) electrons. The van der Waals surface area contributed by atoms with Gasteiger partial charge < -0.3 is 5.11 Å². The summed E-state index contributed by atoms with van der Waals surface area (Å²) in [6.07, 6.45) is 0.328. The third kappa shape index (κ3) is 3.19. The fourth-order valence-electron chi connectivity index (χ4n) is 2.36. The molecule has 108 valence electrons. The van der Waals surface area contributed by atoms with Crippen LogP contribution in [0.15, 0.2) is 18.2 Å². The van der Waals surface area contributed by atoms with Gasteiger partial charge in [0.1, 0.15) is 5.82 Å². The van der Waals surface area contributed by atoms with E-state index in [-0.39, 0.29) is 5.02 Å². The van der Waals surface area contributed by atoms with Crippen LogP contribution in [0.25, 0.3) is 0 Å². The smallest absolute Gasteiger partial charge is 0.142 e. The normalized spacial score (nSPS) is 12.7. The molecule has 0 aliphatic rings. The van der Waals surface area contributed by atoms with Crippen molar-refractivity contribution in [3.05, 3.63) is 51.6 Å². The molecule has 0 saturated heterocycles. The number of nitrogens with zero attached hydrogens (tertiary/aromatic N) is 2. The number of hydrogen-bond acceptors (Lipinski definition) is 2. The Kier molecular flexibility index (Phi) is 4.45. The van der Waals surface area contributed by atoms with Gasteiger partial charge in [-0.15, -0.1) is 0 Å². The van der Waals surface area contributed by atoms with E-state index in [0.29, 0.717) is 12.8 Å². The lowest BCUT2D eigenvalue weighted by molar-refractivity contribution is 0.175. The Bertz CT molecular complexity index is 625. The van der Waals surface area contributed by atoms with Gasteiger partial charge in [0.2, 0.25) is 0 Å². The molecular formula is C15H18ClFN2O. The SMILES string of the molecule is Cc1nn(C)c(C)c1CC(O)Cc1ccc(Cl)c(F)c1. The second kappa shape index (κ2) is 5.94. The predicted molar refractivity (Wildman–Crippen MR) is 77.5 cm³/mol. The average molecular weight is 297 g/mol. The summed E-state index contributed by atoms with van der Waals surface area (Å²) < 4.78 is 15.2. The van der Waals surface area contributed by atoms with Crippen LogP contribution in [0.5, 0.6) is 0 Å². The van der Waals surface area contributed by atoms with Crippen LogP contribution in [-0.4, -0.2) is 21.0 Å². The third-order valence-electron chi connectivity index (χ3n) is 3.55. The van der Waals surface area contributed by atoms with E-state index in [4.69, 9.17) is 11.6 Å². The fraction of sp³-hybridized carbons (Fsp3) is 0.400. The van der Waals surface area contributed by atoms with Gasteiger partial charge in [0.15, 0.2) is 0 Å². The number of aliphatic hydroxyl groups excluding tert-OH is 1. The van der Waals surface area contributed by atoms with Gasteiger partial charge in [-0.2, -0.15) is 5.10 Å². The standard InChI is InChI=1S/C15H18ClFN2O/c1-9-13(10(2)19(3)18-9)8-12(20)6-11-4-5-14(16)15(17)7-11/h4-5,7,12,20H,6,8H2,1-3H3. The highest BCUT2D eigenvalue weighted by Gasteiger charge is 2.15. The maximum atomic E-state index is 13.4. The van der Waals surface area contributed by atoms with Crippen molar-refractivity contribution in [2.45, 2.75) is 32.8 Å². The number of benzene rings is 1. The van der Waals surface area contributed by atoms with Crippen LogP contribution in [0.3, 0.4) is 0 Å². The lowest BCUT2D eigenvalue weighted by Crippen LogP contribution is -2.15. The van der Waals surface area contributed by atoms with Crippen molar-refractivity contribution in [2.24, 2.45) is 7.05 Å². The van der Waals surface area contributed by atoms with E-state index in [1.807, 2.05) is 20.9 Å². The van der Waals surface area contributed by atoms with E-state index < -0.39 is 11.9 Å². The minimum atomic E-state index is -0.572. The van der Waals surface area contributed by atoms with Crippen LogP contribution in [0.1, 0.15) is 22.5 Å². The van der Waals surface area contributed by atoms with Gasteiger partial charge in [0.05, 0.1) is 16.8 Å². The van der Waals surface area contributed by atoms with Gasteiger partial charge >= 0.3 is 0 Å². The molecule has 1 unspecified atom stereocenters. The molecule has 20 heavy (non-hydrogen) atoms. The number of rotatable bonds is 4. The lowest BCUT2D eigenvalue weighted by Gasteiger charge is -2.11. The van der Waals surface area contributed by atoms with Crippen molar-refractivity contribution in [3.8, 4) is 0 Å². The third-order valence-corrected chi connectivity index (χ3v) is 3.86. The first kappa shape index (κ1) is 15.0. The van der Waals surface area contributed by atoms with E-state index in [0.717, 1.165) is 22.5 Å². The van der Waals surface area contributed by atoms with Crippen LogP contribution in [0.2, 0.25) is 5.02 Å². The molecular weight excluding hydrogens is 279 g/mol. The molecule has 0 saturated carbocycles. The molecule has 1 atom stereocenters. The van der Waals surface area contributed by atoms with E-state index >= 15 is 0 Å². The summed E-state index contributed by atoms with van der Waals surface area (Å²) in [6, 6.07) is 4.62. The van der Waals surface area contributed by atoms with Gasteiger partial charge in [-0.25, -0.2) is 4.39 Å². The molecule has 0 aliphatic carbocycles. The first-order chi connectivity index (χ1) is 9.38. The van der Waals surface area contributed by atoms with Crippen molar-refractivity contribution in [1.29, 1.82) is 0 Å². The largest absolute Gasteiger partial charge is 0.392 e. The molecule has 5 heteroatoms. The summed E-state index contributed by atoms with van der Waals surface area (Å²) in [7, 11) is 1.88. The number of halogens is 2. The van der Waals surface area contributed by atoms with Crippen LogP contribution >= 0.6 is 11.6 Å². The maximum absolute atomic E-state index is 13.4. The number of aryl methyl sites for hydroxylation is 2. The number of aliphatic hydroxyl groups is 1. The van der Waals surface area contributed by atoms with Gasteiger partial charge in [-0.3, -0.25) is 4.68 Å². The molecule has 0 bridgehead atoms. The summed E-state index contributed by atoms with van der Waals surface area (Å²) in [5.41, 5.74) is 3.75. The molecule has 1 aromatic heterocycles. The Balaban J connectivity index is 2.08. The second-order valence-corrected chi connectivity index (χ2v) is 5.49. The van der Waals surface area contributed by atoms with E-state index in [1.165, 1.54) is 12.1 Å². The number of hydrogen-bond donors (Lipinski definition) is 1. The first-order valence-electron chi connectivity index (χ1n) is 6.49. The maximum Gasteiger partial charge on any atom is 0.142 e.